The van der Waals surface area contributed by atoms with Crippen molar-refractivity contribution in [2.75, 3.05) is 39.3 Å². The van der Waals surface area contributed by atoms with Crippen molar-refractivity contribution in [1.82, 2.24) is 30.7 Å². The molecule has 6 heteroatoms. The van der Waals surface area contributed by atoms with Crippen molar-refractivity contribution in [2.45, 2.75) is 170 Å². The molecule has 0 aromatic carbocycles. The molecule has 256 valence electrons. The first kappa shape index (κ1) is 29.5. The summed E-state index contributed by atoms with van der Waals surface area (Å²) in [6.45, 7) is 8.21. The van der Waals surface area contributed by atoms with Crippen molar-refractivity contribution in [2.24, 2.45) is 40.4 Å². The highest BCUT2D eigenvalue weighted by atomic mass is 15.4. The molecule has 0 radical (unpaired) electrons. The summed E-state index contributed by atoms with van der Waals surface area (Å²) in [5, 5.41) is 13.5. The Bertz CT molecular complexity index is 1160. The highest BCUT2D eigenvalue weighted by molar-refractivity contribution is 5.21. The Labute approximate surface area is 280 Å². The van der Waals surface area contributed by atoms with Crippen molar-refractivity contribution in [1.29, 1.82) is 0 Å². The monoisotopic (exact) mass is 631 g/mol. The van der Waals surface area contributed by atoms with Crippen LogP contribution in [0.3, 0.4) is 0 Å². The summed E-state index contributed by atoms with van der Waals surface area (Å²) in [6.07, 6.45) is 28.7. The van der Waals surface area contributed by atoms with E-state index >= 15 is 0 Å². The molecule has 6 bridgehead atoms. The van der Waals surface area contributed by atoms with E-state index in [9.17, 15) is 0 Å². The minimum atomic E-state index is 0.447. The molecule has 1 spiro atoms. The number of piperidine rings is 8. The van der Waals surface area contributed by atoms with Gasteiger partial charge in [-0.1, -0.05) is 19.3 Å². The zero-order valence-electron chi connectivity index (χ0n) is 29.0. The highest BCUT2D eigenvalue weighted by Gasteiger charge is 2.67. The maximum Gasteiger partial charge on any atom is 0.0602 e. The molecule has 6 nitrogen and oxygen atoms in total. The SMILES string of the molecule is C1CN[C@@H]2[C@@H](C1)C[C@H]1C[C@]2([C@H]2CCC[C@H]([C@H]3CC[C@@H]4N[C@H]3[C@]35C[C@H](C[C@@H]6CCCN4[C@@H]63)[C@H]3CCCCN3C5)N2)CN2CCCC[C@H]12. The normalized spacial score (nSPS) is 57.0. The zero-order chi connectivity index (χ0) is 30.0. The molecule has 2 saturated carbocycles. The third-order valence-corrected chi connectivity index (χ3v) is 17.7. The molecular weight excluding hydrogens is 564 g/mol. The van der Waals surface area contributed by atoms with Crippen LogP contribution in [0.1, 0.15) is 122 Å². The number of hydrogen-bond acceptors (Lipinski definition) is 6. The Morgan fingerprint density at radius 3 is 2.15 bits per heavy atom. The Kier molecular flexibility index (Phi) is 7.13. The van der Waals surface area contributed by atoms with Gasteiger partial charge in [0.1, 0.15) is 0 Å². The molecule has 0 amide bonds. The largest absolute Gasteiger partial charge is 0.313 e. The Morgan fingerprint density at radius 1 is 0.543 bits per heavy atom. The summed E-state index contributed by atoms with van der Waals surface area (Å²) in [5.74, 6) is 4.65. The van der Waals surface area contributed by atoms with Crippen LogP contribution in [0, 0.1) is 40.4 Å². The van der Waals surface area contributed by atoms with E-state index in [1.54, 1.807) is 12.8 Å². The van der Waals surface area contributed by atoms with Crippen LogP contribution in [0.5, 0.6) is 0 Å². The van der Waals surface area contributed by atoms with Gasteiger partial charge in [0.25, 0.3) is 0 Å². The van der Waals surface area contributed by atoms with Gasteiger partial charge in [-0.15, -0.1) is 0 Å². The summed E-state index contributed by atoms with van der Waals surface area (Å²) in [4.78, 5) is 9.23. The summed E-state index contributed by atoms with van der Waals surface area (Å²) in [7, 11) is 0. The van der Waals surface area contributed by atoms with Crippen LogP contribution in [-0.2, 0) is 0 Å². The minimum Gasteiger partial charge on any atom is -0.313 e. The second-order valence-corrected chi connectivity index (χ2v) is 19.5. The molecule has 3 N–H and O–H groups in total. The summed E-state index contributed by atoms with van der Waals surface area (Å²) >= 11 is 0. The Morgan fingerprint density at radius 2 is 1.30 bits per heavy atom. The fourth-order valence-corrected chi connectivity index (χ4v) is 16.6. The number of nitrogens with one attached hydrogen (secondary N) is 3. The molecule has 11 aliphatic rings. The van der Waals surface area contributed by atoms with Gasteiger partial charge in [-0.3, -0.25) is 20.0 Å². The molecule has 11 fully saturated rings. The van der Waals surface area contributed by atoms with Crippen LogP contribution in [-0.4, -0.2) is 102 Å². The fourth-order valence-electron chi connectivity index (χ4n) is 16.6. The van der Waals surface area contributed by atoms with E-state index in [0.717, 1.165) is 65.8 Å². The van der Waals surface area contributed by atoms with E-state index in [-0.39, 0.29) is 0 Å². The molecule has 9 saturated heterocycles. The third-order valence-electron chi connectivity index (χ3n) is 17.7. The van der Waals surface area contributed by atoms with E-state index in [0.29, 0.717) is 23.0 Å². The van der Waals surface area contributed by atoms with Gasteiger partial charge in [0.15, 0.2) is 0 Å². The first-order chi connectivity index (χ1) is 22.7. The Hall–Kier alpha value is -0.240. The van der Waals surface area contributed by atoms with Gasteiger partial charge in [-0.25, -0.2) is 0 Å². The van der Waals surface area contributed by atoms with Crippen molar-refractivity contribution in [3.8, 4) is 0 Å². The third kappa shape index (κ3) is 4.22. The lowest BCUT2D eigenvalue weighted by Crippen LogP contribution is -2.82. The first-order valence-electron chi connectivity index (χ1n) is 21.2. The van der Waals surface area contributed by atoms with E-state index in [1.165, 1.54) is 148 Å². The lowest BCUT2D eigenvalue weighted by atomic mass is 9.48. The molecule has 11 rings (SSSR count). The predicted molar refractivity (Wildman–Crippen MR) is 184 cm³/mol. The molecule has 46 heavy (non-hydrogen) atoms. The minimum absolute atomic E-state index is 0.447. The van der Waals surface area contributed by atoms with Gasteiger partial charge < -0.3 is 10.6 Å². The smallest absolute Gasteiger partial charge is 0.0602 e. The molecule has 9 heterocycles. The zero-order valence-corrected chi connectivity index (χ0v) is 29.0. The maximum atomic E-state index is 4.71. The first-order valence-corrected chi connectivity index (χ1v) is 21.2. The average molecular weight is 631 g/mol. The van der Waals surface area contributed by atoms with Gasteiger partial charge in [0.2, 0.25) is 0 Å². The number of fused-ring (bicyclic) bond motifs is 12. The summed E-state index contributed by atoms with van der Waals surface area (Å²) in [5.41, 5.74) is 0.928. The fraction of sp³-hybridized carbons (Fsp3) is 1.00. The molecule has 15 atom stereocenters. The van der Waals surface area contributed by atoms with Crippen LogP contribution in [0.25, 0.3) is 0 Å². The van der Waals surface area contributed by atoms with Crippen molar-refractivity contribution < 1.29 is 0 Å². The van der Waals surface area contributed by atoms with Crippen LogP contribution in [0.2, 0.25) is 0 Å². The Balaban J connectivity index is 0.925. The number of rotatable bonds is 2. The standard InChI is InChI=1S/C40H66N6/c1-3-17-44-24-39(22-28(32(44)11-1)20-26-8-6-16-41-36(26)39)34-13-5-10-31(42-34)30-14-15-35-43-37(30)40-23-29(33-12-2-4-18-45(33)25-40)21-27-9-7-19-46(35)38(27)40/h26-38,41-43H,1-25H2/t26-,27-,28-,29-,30+,31+,32+,33+,34+,35+,36+,37+,38-,39+,40+/m0/s1. The number of nitrogens with zero attached hydrogens (tertiary/aromatic N) is 3. The van der Waals surface area contributed by atoms with Crippen molar-refractivity contribution in [3.05, 3.63) is 0 Å². The van der Waals surface area contributed by atoms with Crippen molar-refractivity contribution in [3.63, 3.8) is 0 Å². The topological polar surface area (TPSA) is 45.8 Å². The van der Waals surface area contributed by atoms with Crippen LogP contribution < -0.4 is 16.0 Å². The van der Waals surface area contributed by atoms with E-state index in [1.807, 2.05) is 0 Å². The predicted octanol–water partition coefficient (Wildman–Crippen LogP) is 5.18. The summed E-state index contributed by atoms with van der Waals surface area (Å²) in [6, 6.07) is 5.58. The van der Waals surface area contributed by atoms with Gasteiger partial charge in [-0.05, 0) is 159 Å². The molecule has 0 aromatic rings. The second-order valence-electron chi connectivity index (χ2n) is 19.5. The van der Waals surface area contributed by atoms with Gasteiger partial charge in [0, 0.05) is 66.2 Å². The second kappa shape index (κ2) is 11.1. The molecule has 9 aliphatic heterocycles. The lowest BCUT2D eigenvalue weighted by molar-refractivity contribution is -0.212. The molecule has 2 aliphatic carbocycles. The average Bonchev–Trinajstić information content (AvgIpc) is 3.11. The van der Waals surface area contributed by atoms with Gasteiger partial charge in [-0.2, -0.15) is 0 Å². The van der Waals surface area contributed by atoms with Crippen LogP contribution in [0.4, 0.5) is 0 Å². The van der Waals surface area contributed by atoms with Gasteiger partial charge in [0.05, 0.1) is 6.17 Å². The van der Waals surface area contributed by atoms with Crippen LogP contribution >= 0.6 is 0 Å². The van der Waals surface area contributed by atoms with E-state index in [4.69, 9.17) is 5.32 Å². The van der Waals surface area contributed by atoms with Crippen molar-refractivity contribution >= 4 is 0 Å². The molecule has 0 aromatic heterocycles. The lowest BCUT2D eigenvalue weighted by Gasteiger charge is -2.72. The van der Waals surface area contributed by atoms with E-state index < -0.39 is 0 Å². The van der Waals surface area contributed by atoms with Crippen LogP contribution in [0.15, 0.2) is 0 Å². The quantitative estimate of drug-likeness (QED) is 0.391. The number of hydrogen-bond donors (Lipinski definition) is 3. The summed E-state index contributed by atoms with van der Waals surface area (Å²) < 4.78 is 0. The maximum absolute atomic E-state index is 4.71. The molecule has 0 unspecified atom stereocenters. The highest BCUT2D eigenvalue weighted by Crippen LogP contribution is 2.61. The molecular formula is C40H66N6. The van der Waals surface area contributed by atoms with Gasteiger partial charge >= 0.3 is 0 Å². The van der Waals surface area contributed by atoms with E-state index in [2.05, 4.69) is 25.3 Å².